The molecule has 0 radical (unpaired) electrons. The number of hydrogen-bond donors (Lipinski definition) is 0. The Hall–Kier alpha value is -1.10. The first-order valence-corrected chi connectivity index (χ1v) is 6.32. The molecule has 0 saturated heterocycles. The Morgan fingerprint density at radius 3 is 3.06 bits per heavy atom. The van der Waals surface area contributed by atoms with Crippen LogP contribution in [0.15, 0.2) is 18.6 Å². The van der Waals surface area contributed by atoms with Crippen LogP contribution in [0.2, 0.25) is 0 Å². The van der Waals surface area contributed by atoms with Crippen molar-refractivity contribution in [3.05, 3.63) is 24.3 Å². The van der Waals surface area contributed by atoms with Crippen molar-refractivity contribution in [2.75, 3.05) is 12.4 Å². The van der Waals surface area contributed by atoms with Crippen molar-refractivity contribution in [1.29, 1.82) is 0 Å². The monoisotopic (exact) mass is 240 g/mol. The Morgan fingerprint density at radius 2 is 2.44 bits per heavy atom. The van der Waals surface area contributed by atoms with Crippen molar-refractivity contribution in [3.63, 3.8) is 0 Å². The first-order valence-electron chi connectivity index (χ1n) is 5.27. The second-order valence-electron chi connectivity index (χ2n) is 3.22. The third-order valence-corrected chi connectivity index (χ3v) is 3.12. The van der Waals surface area contributed by atoms with Gasteiger partial charge < -0.3 is 4.74 Å². The van der Waals surface area contributed by atoms with Crippen molar-refractivity contribution in [2.24, 2.45) is 0 Å². The highest BCUT2D eigenvalue weighted by molar-refractivity contribution is 8.00. The number of rotatable bonds is 6. The van der Waals surface area contributed by atoms with Crippen LogP contribution in [-0.4, -0.2) is 33.5 Å². The van der Waals surface area contributed by atoms with Crippen LogP contribution in [-0.2, 0) is 16.0 Å². The van der Waals surface area contributed by atoms with Crippen LogP contribution in [0, 0.1) is 0 Å². The summed E-state index contributed by atoms with van der Waals surface area (Å²) in [5.74, 6) is 0.715. The lowest BCUT2D eigenvalue weighted by atomic mass is 10.3. The summed E-state index contributed by atoms with van der Waals surface area (Å²) in [5.41, 5.74) is 0.999. The summed E-state index contributed by atoms with van der Waals surface area (Å²) in [5, 5.41) is -0.109. The molecule has 0 aromatic carbocycles. The standard InChI is InChI=1S/C11H16N2O2S/c1-3-15-11(14)9(2)16-7-5-10-4-6-12-8-13-10/h4,6,8-9H,3,5,7H2,1-2H3. The van der Waals surface area contributed by atoms with Gasteiger partial charge in [0.25, 0.3) is 0 Å². The van der Waals surface area contributed by atoms with Crippen molar-refractivity contribution in [2.45, 2.75) is 25.5 Å². The van der Waals surface area contributed by atoms with Gasteiger partial charge in [0.2, 0.25) is 0 Å². The highest BCUT2D eigenvalue weighted by atomic mass is 32.2. The van der Waals surface area contributed by atoms with E-state index in [9.17, 15) is 4.79 Å². The largest absolute Gasteiger partial charge is 0.465 e. The van der Waals surface area contributed by atoms with E-state index < -0.39 is 0 Å². The number of ether oxygens (including phenoxy) is 1. The van der Waals surface area contributed by atoms with E-state index in [0.29, 0.717) is 6.61 Å². The lowest BCUT2D eigenvalue weighted by molar-refractivity contribution is -0.142. The molecule has 88 valence electrons. The number of hydrogen-bond acceptors (Lipinski definition) is 5. The van der Waals surface area contributed by atoms with E-state index in [2.05, 4.69) is 9.97 Å². The topological polar surface area (TPSA) is 52.1 Å². The van der Waals surface area contributed by atoms with Crippen molar-refractivity contribution in [3.8, 4) is 0 Å². The van der Waals surface area contributed by atoms with E-state index >= 15 is 0 Å². The van der Waals surface area contributed by atoms with E-state index in [-0.39, 0.29) is 11.2 Å². The lowest BCUT2D eigenvalue weighted by Gasteiger charge is -2.09. The van der Waals surface area contributed by atoms with E-state index in [0.717, 1.165) is 17.9 Å². The van der Waals surface area contributed by atoms with Crippen LogP contribution in [0.25, 0.3) is 0 Å². The summed E-state index contributed by atoms with van der Waals surface area (Å²) in [7, 11) is 0. The molecule has 0 amide bonds. The second-order valence-corrected chi connectivity index (χ2v) is 4.66. The molecule has 0 fully saturated rings. The average molecular weight is 240 g/mol. The van der Waals surface area contributed by atoms with Crippen LogP contribution in [0.5, 0.6) is 0 Å². The predicted octanol–water partition coefficient (Wildman–Crippen LogP) is 1.70. The fraction of sp³-hybridized carbons (Fsp3) is 0.545. The zero-order chi connectivity index (χ0) is 11.8. The quantitative estimate of drug-likeness (QED) is 0.708. The molecule has 4 nitrogen and oxygen atoms in total. The van der Waals surface area contributed by atoms with Gasteiger partial charge in [0.05, 0.1) is 11.9 Å². The Labute approximate surface area is 99.8 Å². The minimum atomic E-state index is -0.143. The van der Waals surface area contributed by atoms with E-state index in [4.69, 9.17) is 4.74 Å². The Morgan fingerprint density at radius 1 is 1.62 bits per heavy atom. The fourth-order valence-electron chi connectivity index (χ4n) is 1.13. The Balaban J connectivity index is 2.23. The molecule has 1 aromatic rings. The van der Waals surface area contributed by atoms with Crippen molar-refractivity contribution < 1.29 is 9.53 Å². The van der Waals surface area contributed by atoms with Crippen LogP contribution in [0.1, 0.15) is 19.5 Å². The van der Waals surface area contributed by atoms with Gasteiger partial charge in [-0.2, -0.15) is 0 Å². The minimum Gasteiger partial charge on any atom is -0.465 e. The van der Waals surface area contributed by atoms with Crippen molar-refractivity contribution in [1.82, 2.24) is 9.97 Å². The molecule has 1 rings (SSSR count). The summed E-state index contributed by atoms with van der Waals surface area (Å²) < 4.78 is 4.92. The van der Waals surface area contributed by atoms with Gasteiger partial charge in [-0.25, -0.2) is 9.97 Å². The van der Waals surface area contributed by atoms with Gasteiger partial charge in [-0.05, 0) is 32.1 Å². The smallest absolute Gasteiger partial charge is 0.318 e. The molecule has 0 aliphatic carbocycles. The third-order valence-electron chi connectivity index (χ3n) is 1.99. The maximum atomic E-state index is 11.3. The van der Waals surface area contributed by atoms with Gasteiger partial charge >= 0.3 is 5.97 Å². The molecule has 16 heavy (non-hydrogen) atoms. The van der Waals surface area contributed by atoms with Gasteiger partial charge in [0.1, 0.15) is 6.33 Å². The molecule has 0 spiro atoms. The summed E-state index contributed by atoms with van der Waals surface area (Å²) in [6.07, 6.45) is 4.10. The molecule has 5 heteroatoms. The number of thioether (sulfide) groups is 1. The molecule has 1 atom stereocenters. The van der Waals surface area contributed by atoms with E-state index in [1.807, 2.05) is 19.9 Å². The van der Waals surface area contributed by atoms with Gasteiger partial charge in [-0.15, -0.1) is 11.8 Å². The Bertz CT molecular complexity index is 319. The normalized spacial score (nSPS) is 12.1. The van der Waals surface area contributed by atoms with Gasteiger partial charge in [0.15, 0.2) is 0 Å². The average Bonchev–Trinajstić information content (AvgIpc) is 2.30. The van der Waals surface area contributed by atoms with Crippen LogP contribution < -0.4 is 0 Å². The molecule has 0 aliphatic rings. The summed E-state index contributed by atoms with van der Waals surface area (Å²) in [6.45, 7) is 4.12. The molecule has 0 saturated carbocycles. The number of esters is 1. The minimum absolute atomic E-state index is 0.109. The van der Waals surface area contributed by atoms with Crippen LogP contribution in [0.4, 0.5) is 0 Å². The maximum absolute atomic E-state index is 11.3. The number of carbonyl (C=O) groups excluding carboxylic acids is 1. The summed E-state index contributed by atoms with van der Waals surface area (Å²) >= 11 is 1.58. The van der Waals surface area contributed by atoms with Gasteiger partial charge in [-0.3, -0.25) is 4.79 Å². The fourth-order valence-corrected chi connectivity index (χ4v) is 2.02. The van der Waals surface area contributed by atoms with Gasteiger partial charge in [0, 0.05) is 11.9 Å². The highest BCUT2D eigenvalue weighted by Crippen LogP contribution is 2.13. The van der Waals surface area contributed by atoms with Crippen molar-refractivity contribution >= 4 is 17.7 Å². The van der Waals surface area contributed by atoms with Crippen LogP contribution >= 0.6 is 11.8 Å². The first kappa shape index (κ1) is 13.0. The Kier molecular flexibility index (Phi) is 5.85. The zero-order valence-electron chi connectivity index (χ0n) is 9.55. The molecule has 1 heterocycles. The molecule has 0 bridgehead atoms. The predicted molar refractivity (Wildman–Crippen MR) is 64.3 cm³/mol. The molecule has 0 aliphatic heterocycles. The lowest BCUT2D eigenvalue weighted by Crippen LogP contribution is -2.17. The SMILES string of the molecule is CCOC(=O)C(C)SCCc1ccncn1. The number of aromatic nitrogens is 2. The van der Waals surface area contributed by atoms with E-state index in [1.54, 1.807) is 18.0 Å². The number of aryl methyl sites for hydroxylation is 1. The second kappa shape index (κ2) is 7.22. The zero-order valence-corrected chi connectivity index (χ0v) is 10.4. The third kappa shape index (κ3) is 4.61. The van der Waals surface area contributed by atoms with E-state index in [1.165, 1.54) is 6.33 Å². The van der Waals surface area contributed by atoms with Gasteiger partial charge in [-0.1, -0.05) is 0 Å². The molecular formula is C11H16N2O2S. The molecule has 0 N–H and O–H groups in total. The molecule has 1 unspecified atom stereocenters. The number of carbonyl (C=O) groups is 1. The summed E-state index contributed by atoms with van der Waals surface area (Å²) in [6, 6.07) is 1.88. The van der Waals surface area contributed by atoms with Crippen LogP contribution in [0.3, 0.4) is 0 Å². The first-order chi connectivity index (χ1) is 7.74. The highest BCUT2D eigenvalue weighted by Gasteiger charge is 2.13. The maximum Gasteiger partial charge on any atom is 0.318 e. The molecule has 1 aromatic heterocycles. The number of nitrogens with zero attached hydrogens (tertiary/aromatic N) is 2. The summed E-state index contributed by atoms with van der Waals surface area (Å²) in [4.78, 5) is 19.3. The molecular weight excluding hydrogens is 224 g/mol.